The van der Waals surface area contributed by atoms with Gasteiger partial charge in [0.15, 0.2) is 0 Å². The normalized spacial score (nSPS) is 11.5. The van der Waals surface area contributed by atoms with Gasteiger partial charge >= 0.3 is 6.61 Å². The summed E-state index contributed by atoms with van der Waals surface area (Å²) in [4.78, 5) is 13.7. The van der Waals surface area contributed by atoms with Gasteiger partial charge in [-0.05, 0) is 38.1 Å². The van der Waals surface area contributed by atoms with Crippen LogP contribution < -0.4 is 10.5 Å². The summed E-state index contributed by atoms with van der Waals surface area (Å²) in [5, 5.41) is 0. The fraction of sp³-hybridized carbons (Fsp3) is 0.462. The summed E-state index contributed by atoms with van der Waals surface area (Å²) >= 11 is 0. The largest absolute Gasteiger partial charge is 0.435 e. The number of benzene rings is 1. The Bertz CT molecular complexity index is 433. The first-order chi connectivity index (χ1) is 8.77. The molecule has 1 aromatic rings. The van der Waals surface area contributed by atoms with Crippen molar-refractivity contribution >= 4 is 5.91 Å². The second kappa shape index (κ2) is 5.97. The third-order valence-electron chi connectivity index (χ3n) is 3.04. The van der Waals surface area contributed by atoms with E-state index in [0.717, 1.165) is 0 Å². The average molecular weight is 272 g/mol. The number of likely N-dealkylation sites (N-methyl/N-ethyl adjacent to an activating group) is 1. The minimum absolute atomic E-state index is 0.0206. The molecule has 2 N–H and O–H groups in total. The monoisotopic (exact) mass is 272 g/mol. The highest BCUT2D eigenvalue weighted by molar-refractivity contribution is 5.94. The van der Waals surface area contributed by atoms with Crippen molar-refractivity contribution < 1.29 is 18.3 Å². The number of carbonyl (C=O) groups is 1. The topological polar surface area (TPSA) is 55.6 Å². The van der Waals surface area contributed by atoms with E-state index in [1.54, 1.807) is 7.05 Å². The molecule has 0 radical (unpaired) electrons. The molecule has 0 aliphatic carbocycles. The maximum absolute atomic E-state index is 12.2. The van der Waals surface area contributed by atoms with Crippen molar-refractivity contribution in [2.45, 2.75) is 26.0 Å². The molecule has 0 heterocycles. The van der Waals surface area contributed by atoms with Crippen molar-refractivity contribution in [3.8, 4) is 5.75 Å². The number of hydrogen-bond donors (Lipinski definition) is 1. The molecule has 0 bridgehead atoms. The van der Waals surface area contributed by atoms with Gasteiger partial charge in [-0.3, -0.25) is 4.79 Å². The van der Waals surface area contributed by atoms with Gasteiger partial charge in [0.25, 0.3) is 5.91 Å². The van der Waals surface area contributed by atoms with E-state index in [2.05, 4.69) is 4.74 Å². The number of nitrogens with zero attached hydrogens (tertiary/aromatic N) is 1. The van der Waals surface area contributed by atoms with Gasteiger partial charge in [0.05, 0.1) is 0 Å². The van der Waals surface area contributed by atoms with E-state index in [0.29, 0.717) is 12.1 Å². The molecule has 0 aromatic heterocycles. The predicted octanol–water partition coefficient (Wildman–Crippen LogP) is 2.10. The van der Waals surface area contributed by atoms with Crippen LogP contribution >= 0.6 is 0 Å². The molecule has 0 aliphatic rings. The standard InChI is InChI=1S/C13H18F2N2O2/c1-13(2,8-16)17(3)11(18)9-4-6-10(7-5-9)19-12(14)15/h4-7,12H,8,16H2,1-3H3. The summed E-state index contributed by atoms with van der Waals surface area (Å²) in [5.74, 6) is -0.202. The Hall–Kier alpha value is -1.69. The number of ether oxygens (including phenoxy) is 1. The van der Waals surface area contributed by atoms with E-state index in [1.165, 1.54) is 29.2 Å². The molecule has 0 saturated carbocycles. The Morgan fingerprint density at radius 3 is 2.32 bits per heavy atom. The van der Waals surface area contributed by atoms with Crippen molar-refractivity contribution in [2.75, 3.05) is 13.6 Å². The van der Waals surface area contributed by atoms with Gasteiger partial charge in [-0.1, -0.05) is 0 Å². The van der Waals surface area contributed by atoms with Crippen molar-refractivity contribution in [1.29, 1.82) is 0 Å². The molecule has 1 aromatic carbocycles. The highest BCUT2D eigenvalue weighted by atomic mass is 19.3. The second-order valence-electron chi connectivity index (χ2n) is 4.78. The number of alkyl halides is 2. The second-order valence-corrected chi connectivity index (χ2v) is 4.78. The number of rotatable bonds is 5. The van der Waals surface area contributed by atoms with Crippen LogP contribution in [0, 0.1) is 0 Å². The van der Waals surface area contributed by atoms with Crippen molar-refractivity contribution in [3.05, 3.63) is 29.8 Å². The SMILES string of the molecule is CN(C(=O)c1ccc(OC(F)F)cc1)C(C)(C)CN. The first kappa shape index (κ1) is 15.4. The molecule has 0 spiro atoms. The zero-order valence-corrected chi connectivity index (χ0v) is 11.2. The molecule has 4 nitrogen and oxygen atoms in total. The van der Waals surface area contributed by atoms with E-state index in [1.807, 2.05) is 13.8 Å². The van der Waals surface area contributed by atoms with Crippen LogP contribution in [0.5, 0.6) is 5.75 Å². The highest BCUT2D eigenvalue weighted by Gasteiger charge is 2.26. The molecular weight excluding hydrogens is 254 g/mol. The van der Waals surface area contributed by atoms with Gasteiger partial charge < -0.3 is 15.4 Å². The van der Waals surface area contributed by atoms with Crippen LogP contribution in [0.4, 0.5) is 8.78 Å². The average Bonchev–Trinajstić information content (AvgIpc) is 2.37. The number of amides is 1. The van der Waals surface area contributed by atoms with E-state index >= 15 is 0 Å². The van der Waals surface area contributed by atoms with Gasteiger partial charge in [0.1, 0.15) is 5.75 Å². The molecule has 1 amide bonds. The first-order valence-corrected chi connectivity index (χ1v) is 5.81. The Balaban J connectivity index is 2.84. The predicted molar refractivity (Wildman–Crippen MR) is 68.3 cm³/mol. The van der Waals surface area contributed by atoms with Crippen LogP contribution in [-0.4, -0.2) is 36.5 Å². The first-order valence-electron chi connectivity index (χ1n) is 5.81. The molecule has 0 unspecified atom stereocenters. The van der Waals surface area contributed by atoms with Crippen molar-refractivity contribution in [1.82, 2.24) is 4.90 Å². The molecule has 0 aliphatic heterocycles. The minimum atomic E-state index is -2.87. The third-order valence-corrected chi connectivity index (χ3v) is 3.04. The van der Waals surface area contributed by atoms with E-state index < -0.39 is 12.2 Å². The van der Waals surface area contributed by atoms with E-state index in [9.17, 15) is 13.6 Å². The van der Waals surface area contributed by atoms with Gasteiger partial charge in [-0.25, -0.2) is 0 Å². The number of nitrogens with two attached hydrogens (primary N) is 1. The number of halogens is 2. The van der Waals surface area contributed by atoms with Gasteiger partial charge in [-0.15, -0.1) is 0 Å². The van der Waals surface area contributed by atoms with Crippen LogP contribution in [0.25, 0.3) is 0 Å². The third kappa shape index (κ3) is 3.89. The molecule has 0 atom stereocenters. The molecule has 6 heteroatoms. The Labute approximate surface area is 111 Å². The lowest BCUT2D eigenvalue weighted by atomic mass is 10.0. The molecule has 1 rings (SSSR count). The fourth-order valence-corrected chi connectivity index (χ4v) is 1.38. The van der Waals surface area contributed by atoms with E-state index in [-0.39, 0.29) is 11.7 Å². The lowest BCUT2D eigenvalue weighted by molar-refractivity contribution is -0.0498. The zero-order chi connectivity index (χ0) is 14.6. The molecule has 106 valence electrons. The summed E-state index contributed by atoms with van der Waals surface area (Å²) < 4.78 is 28.2. The van der Waals surface area contributed by atoms with Gasteiger partial charge in [0, 0.05) is 24.7 Å². The van der Waals surface area contributed by atoms with Crippen LogP contribution in [-0.2, 0) is 0 Å². The van der Waals surface area contributed by atoms with E-state index in [4.69, 9.17) is 5.73 Å². The molecule has 0 fully saturated rings. The maximum atomic E-state index is 12.2. The van der Waals surface area contributed by atoms with Crippen LogP contribution in [0.15, 0.2) is 24.3 Å². The molecular formula is C13H18F2N2O2. The highest BCUT2D eigenvalue weighted by Crippen LogP contribution is 2.18. The quantitative estimate of drug-likeness (QED) is 0.893. The molecule has 19 heavy (non-hydrogen) atoms. The summed E-state index contributed by atoms with van der Waals surface area (Å²) in [5.41, 5.74) is 5.52. The fourth-order valence-electron chi connectivity index (χ4n) is 1.38. The number of carbonyl (C=O) groups excluding carboxylic acids is 1. The number of hydrogen-bond acceptors (Lipinski definition) is 3. The van der Waals surface area contributed by atoms with Crippen molar-refractivity contribution in [2.24, 2.45) is 5.73 Å². The summed E-state index contributed by atoms with van der Waals surface area (Å²) in [7, 11) is 1.65. The lowest BCUT2D eigenvalue weighted by Crippen LogP contribution is -2.50. The lowest BCUT2D eigenvalue weighted by Gasteiger charge is -2.34. The van der Waals surface area contributed by atoms with Crippen LogP contribution in [0.1, 0.15) is 24.2 Å². The summed E-state index contributed by atoms with van der Waals surface area (Å²) in [6, 6.07) is 5.57. The van der Waals surface area contributed by atoms with Crippen LogP contribution in [0.3, 0.4) is 0 Å². The summed E-state index contributed by atoms with van der Waals surface area (Å²) in [6.07, 6.45) is 0. The Morgan fingerprint density at radius 2 is 1.89 bits per heavy atom. The van der Waals surface area contributed by atoms with Crippen molar-refractivity contribution in [3.63, 3.8) is 0 Å². The minimum Gasteiger partial charge on any atom is -0.435 e. The van der Waals surface area contributed by atoms with Gasteiger partial charge in [0.2, 0.25) is 0 Å². The van der Waals surface area contributed by atoms with Crippen LogP contribution in [0.2, 0.25) is 0 Å². The smallest absolute Gasteiger partial charge is 0.387 e. The van der Waals surface area contributed by atoms with Gasteiger partial charge in [-0.2, -0.15) is 8.78 Å². The Morgan fingerprint density at radius 1 is 1.37 bits per heavy atom. The summed E-state index contributed by atoms with van der Waals surface area (Å²) in [6.45, 7) is 1.14. The molecule has 0 saturated heterocycles. The maximum Gasteiger partial charge on any atom is 0.387 e. The Kier molecular flexibility index (Phi) is 4.83. The zero-order valence-electron chi connectivity index (χ0n) is 11.2.